The third-order valence-electron chi connectivity index (χ3n) is 8.81. The van der Waals surface area contributed by atoms with Crippen LogP contribution >= 0.6 is 11.8 Å². The number of thioether (sulfide) groups is 1. The average molecular weight is 665 g/mol. The van der Waals surface area contributed by atoms with Crippen LogP contribution < -0.4 is 0 Å². The second-order valence-electron chi connectivity index (χ2n) is 12.1. The zero-order chi connectivity index (χ0) is 33.5. The van der Waals surface area contributed by atoms with Crippen LogP contribution in [0.5, 0.6) is 0 Å². The van der Waals surface area contributed by atoms with Crippen LogP contribution in [-0.4, -0.2) is 70.4 Å². The van der Waals surface area contributed by atoms with Crippen molar-refractivity contribution in [1.82, 2.24) is 39.5 Å². The van der Waals surface area contributed by atoms with E-state index in [0.717, 1.165) is 69.0 Å². The third-order valence-corrected chi connectivity index (χ3v) is 9.38. The van der Waals surface area contributed by atoms with Crippen LogP contribution in [0.1, 0.15) is 74.0 Å². The molecule has 1 aromatic carbocycles. The minimum absolute atomic E-state index is 0.296. The first kappa shape index (κ1) is 31.7. The predicted octanol–water partition coefficient (Wildman–Crippen LogP) is 4.54. The van der Waals surface area contributed by atoms with E-state index in [-0.39, 0.29) is 6.10 Å². The number of carbonyl (C=O) groups excluding carboxylic acids is 2. The van der Waals surface area contributed by atoms with Crippen LogP contribution in [-0.2, 0) is 62.1 Å². The van der Waals surface area contributed by atoms with E-state index in [9.17, 15) is 9.59 Å². The van der Waals surface area contributed by atoms with E-state index < -0.39 is 11.9 Å². The molecule has 2 aliphatic carbocycles. The number of esters is 2. The zero-order valence-electron chi connectivity index (χ0n) is 27.6. The van der Waals surface area contributed by atoms with Crippen molar-refractivity contribution < 1.29 is 19.1 Å². The highest BCUT2D eigenvalue weighted by Crippen LogP contribution is 2.35. The van der Waals surface area contributed by atoms with Crippen LogP contribution in [0.15, 0.2) is 41.8 Å². The summed E-state index contributed by atoms with van der Waals surface area (Å²) in [5.41, 5.74) is 9.94. The van der Waals surface area contributed by atoms with Gasteiger partial charge in [-0.15, -0.1) is 0 Å². The number of carbonyl (C=O) groups is 2. The Morgan fingerprint density at radius 3 is 2.17 bits per heavy atom. The molecule has 2 aliphatic rings. The first-order valence-corrected chi connectivity index (χ1v) is 17.3. The van der Waals surface area contributed by atoms with Crippen molar-refractivity contribution in [3.8, 4) is 22.8 Å². The number of hydrogen-bond acceptors (Lipinski definition) is 11. The van der Waals surface area contributed by atoms with E-state index in [1.54, 1.807) is 16.3 Å². The van der Waals surface area contributed by atoms with Crippen LogP contribution in [0.3, 0.4) is 0 Å². The summed E-state index contributed by atoms with van der Waals surface area (Å²) < 4.78 is 14.6. The normalized spacial score (nSPS) is 13.6. The van der Waals surface area contributed by atoms with Gasteiger partial charge in [-0.2, -0.15) is 10.2 Å². The summed E-state index contributed by atoms with van der Waals surface area (Å²) in [5.74, 6) is -0.163. The Kier molecular flexibility index (Phi) is 8.54. The minimum Gasteiger partial charge on any atom is -0.461 e. The molecule has 0 saturated heterocycles. The third kappa shape index (κ3) is 5.87. The van der Waals surface area contributed by atoms with Gasteiger partial charge in [-0.05, 0) is 68.0 Å². The van der Waals surface area contributed by atoms with Gasteiger partial charge in [0.1, 0.15) is 11.9 Å². The Labute approximate surface area is 282 Å². The van der Waals surface area contributed by atoms with Gasteiger partial charge >= 0.3 is 11.9 Å². The molecule has 4 heterocycles. The van der Waals surface area contributed by atoms with E-state index in [0.29, 0.717) is 54.7 Å². The molecule has 1 atom stereocenters. The van der Waals surface area contributed by atoms with E-state index in [2.05, 4.69) is 26.2 Å². The molecule has 13 heteroatoms. The first-order valence-electron chi connectivity index (χ1n) is 16.1. The molecule has 0 aliphatic heterocycles. The Balaban J connectivity index is 1.05. The Hall–Kier alpha value is -4.91. The summed E-state index contributed by atoms with van der Waals surface area (Å²) in [6, 6.07) is 8.17. The lowest BCUT2D eigenvalue weighted by Gasteiger charge is -2.18. The van der Waals surface area contributed by atoms with Crippen molar-refractivity contribution >= 4 is 23.7 Å². The Bertz CT molecular complexity index is 2070. The zero-order valence-corrected chi connectivity index (χ0v) is 28.4. The van der Waals surface area contributed by atoms with Crippen molar-refractivity contribution in [3.05, 3.63) is 87.3 Å². The molecule has 246 valence electrons. The quantitative estimate of drug-likeness (QED) is 0.125. The molecule has 0 radical (unpaired) electrons. The highest BCUT2D eigenvalue weighted by molar-refractivity contribution is 7.98. The molecule has 0 fully saturated rings. The lowest BCUT2D eigenvalue weighted by atomic mass is 9.93. The molecular formula is C35H36N8O4S. The average Bonchev–Trinajstić information content (AvgIpc) is 3.61. The van der Waals surface area contributed by atoms with Gasteiger partial charge in [0, 0.05) is 50.5 Å². The lowest BCUT2D eigenvalue weighted by Crippen LogP contribution is -2.19. The maximum Gasteiger partial charge on any atom is 0.359 e. The minimum atomic E-state index is -0.429. The fourth-order valence-corrected chi connectivity index (χ4v) is 7.04. The highest BCUT2D eigenvalue weighted by Gasteiger charge is 2.31. The van der Waals surface area contributed by atoms with Gasteiger partial charge in [0.2, 0.25) is 0 Å². The topological polar surface area (TPSA) is 140 Å². The Morgan fingerprint density at radius 2 is 1.50 bits per heavy atom. The molecule has 0 spiro atoms. The number of benzene rings is 1. The van der Waals surface area contributed by atoms with Crippen molar-refractivity contribution in [2.45, 2.75) is 63.6 Å². The van der Waals surface area contributed by atoms with Gasteiger partial charge < -0.3 is 9.47 Å². The molecule has 12 nitrogen and oxygen atoms in total. The fourth-order valence-electron chi connectivity index (χ4n) is 6.70. The number of fused-ring (bicyclic) bond motifs is 6. The molecule has 0 saturated carbocycles. The molecule has 48 heavy (non-hydrogen) atoms. The lowest BCUT2D eigenvalue weighted by molar-refractivity contribution is 0.0333. The smallest absolute Gasteiger partial charge is 0.359 e. The van der Waals surface area contributed by atoms with Crippen molar-refractivity contribution in [3.63, 3.8) is 0 Å². The Morgan fingerprint density at radius 1 is 0.875 bits per heavy atom. The van der Waals surface area contributed by atoms with Gasteiger partial charge in [0.05, 0.1) is 29.4 Å². The van der Waals surface area contributed by atoms with Gasteiger partial charge in [-0.1, -0.05) is 36.0 Å². The number of nitrogens with zero attached hydrogens (tertiary/aromatic N) is 8. The predicted molar refractivity (Wildman–Crippen MR) is 179 cm³/mol. The molecule has 0 bridgehead atoms. The summed E-state index contributed by atoms with van der Waals surface area (Å²) in [6.45, 7) is 3.98. The number of aromatic nitrogens is 8. The molecule has 4 aromatic heterocycles. The fraction of sp³-hybridized carbons (Fsp3) is 0.371. The van der Waals surface area contributed by atoms with Gasteiger partial charge in [-0.25, -0.2) is 29.5 Å². The van der Waals surface area contributed by atoms with Crippen molar-refractivity contribution in [2.75, 3.05) is 12.9 Å². The van der Waals surface area contributed by atoms with Gasteiger partial charge in [0.25, 0.3) is 0 Å². The van der Waals surface area contributed by atoms with Crippen LogP contribution in [0.25, 0.3) is 22.8 Å². The molecule has 7 rings (SSSR count). The standard InChI is InChI=1S/C35H36N8O4S/c1-6-46-33(44)29-24-12-10-22-17-36-26(38-27(22)31(24)42(3)40-29)16-21-9-7-8-20(15-21)14-19(2)47-34(45)30-25-13-11-23-18-37-35(48-5)39-28(23)32(25)43(4)41-30/h7-9,15,17-19H,6,10-14,16H2,1-5H3. The van der Waals surface area contributed by atoms with E-state index in [1.807, 2.05) is 57.9 Å². The van der Waals surface area contributed by atoms with E-state index in [4.69, 9.17) is 19.4 Å². The summed E-state index contributed by atoms with van der Waals surface area (Å²) in [5, 5.41) is 9.73. The van der Waals surface area contributed by atoms with E-state index in [1.165, 1.54) is 11.8 Å². The summed E-state index contributed by atoms with van der Waals surface area (Å²) in [4.78, 5) is 44.7. The molecule has 0 N–H and O–H groups in total. The number of hydrogen-bond donors (Lipinski definition) is 0. The molecular weight excluding hydrogens is 629 g/mol. The number of aryl methyl sites for hydroxylation is 4. The highest BCUT2D eigenvalue weighted by atomic mass is 32.2. The number of rotatable bonds is 9. The van der Waals surface area contributed by atoms with Crippen LogP contribution in [0.2, 0.25) is 0 Å². The number of ether oxygens (including phenoxy) is 2. The summed E-state index contributed by atoms with van der Waals surface area (Å²) in [6.07, 6.45) is 9.23. The second kappa shape index (κ2) is 12.9. The molecule has 0 amide bonds. The maximum atomic E-state index is 13.4. The second-order valence-corrected chi connectivity index (χ2v) is 12.9. The van der Waals surface area contributed by atoms with Crippen molar-refractivity contribution in [1.29, 1.82) is 0 Å². The van der Waals surface area contributed by atoms with Gasteiger partial charge in [0.15, 0.2) is 16.5 Å². The van der Waals surface area contributed by atoms with Crippen LogP contribution in [0, 0.1) is 0 Å². The first-order chi connectivity index (χ1) is 23.2. The van der Waals surface area contributed by atoms with E-state index >= 15 is 0 Å². The van der Waals surface area contributed by atoms with Crippen LogP contribution in [0.4, 0.5) is 0 Å². The van der Waals surface area contributed by atoms with Gasteiger partial charge in [-0.3, -0.25) is 9.36 Å². The molecule has 5 aromatic rings. The SMILES string of the molecule is CCOC(=O)c1nn(C)c2c1CCc1cnc(Cc3cccc(CC(C)OC(=O)c4nn(C)c5c4CCc4cnc(SC)nc4-5)c3)nc1-2. The monoisotopic (exact) mass is 664 g/mol. The molecule has 1 unspecified atom stereocenters. The summed E-state index contributed by atoms with van der Waals surface area (Å²) in [7, 11) is 3.66. The van der Waals surface area contributed by atoms with Crippen molar-refractivity contribution in [2.24, 2.45) is 14.1 Å². The maximum absolute atomic E-state index is 13.4. The largest absolute Gasteiger partial charge is 0.461 e. The summed E-state index contributed by atoms with van der Waals surface area (Å²) >= 11 is 1.48.